The number of halogens is 1. The molecule has 3 saturated heterocycles. The second kappa shape index (κ2) is 27.9. The molecular weight excluding hydrogens is 1140 g/mol. The number of carbonyl (C=O) groups is 8. The number of nitrogens with one attached hydrogen (secondary N) is 5. The van der Waals surface area contributed by atoms with Gasteiger partial charge in [-0.3, -0.25) is 38.4 Å². The molecule has 5 heterocycles. The number of benzene rings is 3. The van der Waals surface area contributed by atoms with Gasteiger partial charge in [0.05, 0.1) is 39.3 Å². The van der Waals surface area contributed by atoms with E-state index in [1.807, 2.05) is 65.0 Å². The third-order valence-electron chi connectivity index (χ3n) is 16.0. The molecule has 84 heavy (non-hydrogen) atoms. The number of primary amides is 1. The molecule has 3 aliphatic rings. The minimum absolute atomic E-state index is 0.0531. The number of likely N-dealkylation sites (tertiary alicyclic amines) is 1. The Kier molecular flexibility index (Phi) is 21.0. The van der Waals surface area contributed by atoms with Crippen molar-refractivity contribution in [3.05, 3.63) is 105 Å². The smallest absolute Gasteiger partial charge is 0.268 e. The van der Waals surface area contributed by atoms with Crippen molar-refractivity contribution in [2.75, 3.05) is 13.2 Å². The number of amides is 7. The van der Waals surface area contributed by atoms with E-state index < -0.39 is 91.1 Å². The number of thiazole rings is 1. The highest BCUT2D eigenvalue weighted by Gasteiger charge is 2.46. The largest absolute Gasteiger partial charge is 0.490 e. The summed E-state index contributed by atoms with van der Waals surface area (Å²) in [5.41, 5.74) is 10.1. The molecule has 2 aromatic heterocycles. The van der Waals surface area contributed by atoms with Crippen LogP contribution in [0.15, 0.2) is 72.2 Å². The van der Waals surface area contributed by atoms with E-state index in [1.54, 1.807) is 39.9 Å². The first-order chi connectivity index (χ1) is 40.0. The number of rotatable bonds is 23. The monoisotopic (exact) mass is 1210 g/mol. The molecule has 0 saturated carbocycles. The van der Waals surface area contributed by atoms with Crippen LogP contribution < -0.4 is 31.7 Å². The van der Waals surface area contributed by atoms with Crippen LogP contribution in [0.1, 0.15) is 148 Å². The van der Waals surface area contributed by atoms with Crippen molar-refractivity contribution in [3.8, 4) is 16.2 Å². The number of aliphatic hydroxyl groups excluding tert-OH is 1. The molecule has 0 bridgehead atoms. The number of fused-ring (bicyclic) bond motifs is 2. The molecule has 3 aliphatic heterocycles. The third kappa shape index (κ3) is 15.5. The van der Waals surface area contributed by atoms with Crippen molar-refractivity contribution in [2.45, 2.75) is 166 Å². The van der Waals surface area contributed by atoms with Gasteiger partial charge in [0.2, 0.25) is 49.3 Å². The van der Waals surface area contributed by atoms with E-state index in [0.717, 1.165) is 33.7 Å². The van der Waals surface area contributed by atoms with E-state index in [4.69, 9.17) is 22.1 Å². The molecule has 10 N–H and O–H groups in total. The second-order valence-corrected chi connectivity index (χ2v) is 25.4. The summed E-state index contributed by atoms with van der Waals surface area (Å²) in [5.74, 6) is -2.86. The number of carbonyl (C=O) groups excluding carboxylic acids is 8. The maximum atomic E-state index is 14.4. The lowest BCUT2D eigenvalue weighted by atomic mass is 9.85. The highest BCUT2D eigenvalue weighted by atomic mass is 35.5. The van der Waals surface area contributed by atoms with Crippen LogP contribution in [-0.4, -0.2) is 137 Å². The Morgan fingerprint density at radius 1 is 0.917 bits per heavy atom. The van der Waals surface area contributed by atoms with Gasteiger partial charge in [0, 0.05) is 48.3 Å². The van der Waals surface area contributed by atoms with Crippen molar-refractivity contribution in [1.82, 2.24) is 41.0 Å². The molecule has 3 fully saturated rings. The SMILES string of the molecule is Cc1ncsc1-c1ccc([C@H](C)NC(=O)[C@@H]2C[C@@H](O)CN2C(=O)C(NC(=O)CCCCc2cccc(OC[C@H](CCC(N)=O)NC(=O)[C@@H]3CC[C@@H]4CCCC[C@H](NC(=O)c5cc6cc(C(=O)P(O)O)ccc6[nH]5)C(=O)N43)c2Cl)C(C)(C)C)cc1. The normalized spacial score (nSPS) is 20.1. The molecule has 21 nitrogen and oxygen atoms in total. The summed E-state index contributed by atoms with van der Waals surface area (Å²) in [7, 11) is -2.83. The summed E-state index contributed by atoms with van der Waals surface area (Å²) >= 11 is 8.47. The fourth-order valence-electron chi connectivity index (χ4n) is 11.4. The molecule has 7 amide bonds. The molecule has 24 heteroatoms. The van der Waals surface area contributed by atoms with Gasteiger partial charge in [0.1, 0.15) is 42.2 Å². The Balaban J connectivity index is 0.831. The maximum absolute atomic E-state index is 14.4. The van der Waals surface area contributed by atoms with Crippen LogP contribution in [0.25, 0.3) is 21.3 Å². The van der Waals surface area contributed by atoms with Crippen molar-refractivity contribution >= 4 is 89.1 Å². The number of aryl methyl sites for hydroxylation is 2. The van der Waals surface area contributed by atoms with Gasteiger partial charge in [-0.05, 0) is 118 Å². The molecule has 0 radical (unpaired) electrons. The summed E-state index contributed by atoms with van der Waals surface area (Å²) < 4.78 is 6.21. The van der Waals surface area contributed by atoms with Crippen LogP contribution in [0.5, 0.6) is 5.75 Å². The molecule has 0 aliphatic carbocycles. The molecule has 0 spiro atoms. The molecule has 8 atom stereocenters. The zero-order valence-corrected chi connectivity index (χ0v) is 50.3. The summed E-state index contributed by atoms with van der Waals surface area (Å²) in [4.78, 5) is 138. The first kappa shape index (κ1) is 63.2. The number of hydrogen-bond acceptors (Lipinski definition) is 14. The lowest BCUT2D eigenvalue weighted by molar-refractivity contribution is -0.144. The van der Waals surface area contributed by atoms with Crippen molar-refractivity contribution in [3.63, 3.8) is 0 Å². The average molecular weight is 1210 g/mol. The van der Waals surface area contributed by atoms with Gasteiger partial charge in [0.15, 0.2) is 0 Å². The topological polar surface area (TPSA) is 316 Å². The molecular formula is C60H75ClN9O12PS. The van der Waals surface area contributed by atoms with Crippen LogP contribution in [0.2, 0.25) is 5.02 Å². The predicted molar refractivity (Wildman–Crippen MR) is 319 cm³/mol. The van der Waals surface area contributed by atoms with Gasteiger partial charge < -0.3 is 61.4 Å². The lowest BCUT2D eigenvalue weighted by Crippen LogP contribution is -2.57. The van der Waals surface area contributed by atoms with E-state index in [9.17, 15) is 53.2 Å². The Hall–Kier alpha value is -6.81. The number of aromatic nitrogens is 2. The molecule has 450 valence electrons. The van der Waals surface area contributed by atoms with Gasteiger partial charge in [-0.15, -0.1) is 11.3 Å². The van der Waals surface area contributed by atoms with E-state index in [-0.39, 0.29) is 68.1 Å². The number of hydrogen-bond donors (Lipinski definition) is 9. The van der Waals surface area contributed by atoms with Gasteiger partial charge in [0.25, 0.3) is 5.91 Å². The first-order valence-corrected chi connectivity index (χ1v) is 31.0. The second-order valence-electron chi connectivity index (χ2n) is 23.2. The molecule has 5 aromatic rings. The van der Waals surface area contributed by atoms with Crippen molar-refractivity contribution < 1.29 is 58.0 Å². The fourth-order valence-corrected chi connectivity index (χ4v) is 12.8. The van der Waals surface area contributed by atoms with Crippen LogP contribution in [0.3, 0.4) is 0 Å². The van der Waals surface area contributed by atoms with Gasteiger partial charge in [-0.2, -0.15) is 0 Å². The number of ether oxygens (including phenoxy) is 1. The Morgan fingerprint density at radius 3 is 2.36 bits per heavy atom. The van der Waals surface area contributed by atoms with Crippen molar-refractivity contribution in [1.29, 1.82) is 0 Å². The van der Waals surface area contributed by atoms with E-state index in [0.29, 0.717) is 73.0 Å². The van der Waals surface area contributed by atoms with E-state index in [1.165, 1.54) is 23.1 Å². The van der Waals surface area contributed by atoms with Crippen LogP contribution in [-0.2, 0) is 35.2 Å². The number of β-amino-alcohol motifs (C(OH)–C–C–N with tert-alkyl or cyclic N) is 1. The van der Waals surface area contributed by atoms with Gasteiger partial charge in [-0.1, -0.05) is 81.6 Å². The number of unbranched alkanes of at least 4 members (excludes halogenated alkanes) is 1. The van der Waals surface area contributed by atoms with Gasteiger partial charge in [-0.25, -0.2) is 4.98 Å². The highest BCUT2D eigenvalue weighted by Crippen LogP contribution is 2.35. The molecule has 1 unspecified atom stereocenters. The quantitative estimate of drug-likeness (QED) is 0.0245. The predicted octanol–water partition coefficient (Wildman–Crippen LogP) is 6.63. The fraction of sp³-hybridized carbons (Fsp3) is 0.483. The van der Waals surface area contributed by atoms with E-state index >= 15 is 0 Å². The Labute approximate surface area is 498 Å². The highest BCUT2D eigenvalue weighted by molar-refractivity contribution is 7.65. The number of nitrogens with zero attached hydrogens (tertiary/aromatic N) is 3. The average Bonchev–Trinajstić information content (AvgIpc) is 2.47. The standard InChI is InChI=1S/C60H75ClN9O12PS/c1-33(35-17-19-37(20-18-35)52-34(2)63-32-84-52)64-56(76)47-29-42(71)30-69(47)58(78)53(60(3,4)5)68-50(73)16-9-6-11-36-12-10-15-48(51(36)61)82-31-40(22-26-49(62)72)65-55(75)46-25-23-41-13-7-8-14-44(57(77)70(41)46)67-54(74)45-28-39-27-38(59(79)83(80)81)21-24-43(39)66-45/h10,12,15,17-21,24,27-28,32-33,40-42,44,46-47,53,66,71,80-81H,6-9,11,13-14,16,22-23,25-26,29-31H2,1-5H3,(H2,62,72)(H,64,76)(H,65,75)(H,67,74)(H,68,73)/t33-,40-,41-,42+,44-,46-,47-,53?/m0/s1. The minimum atomic E-state index is -2.83. The maximum Gasteiger partial charge on any atom is 0.268 e. The Bertz CT molecular complexity index is 3240. The lowest BCUT2D eigenvalue weighted by Gasteiger charge is -2.35. The summed E-state index contributed by atoms with van der Waals surface area (Å²) in [6.07, 6.45) is 4.16. The number of aliphatic hydroxyl groups is 1. The Morgan fingerprint density at radius 2 is 1.65 bits per heavy atom. The van der Waals surface area contributed by atoms with Crippen LogP contribution in [0, 0.1) is 12.3 Å². The van der Waals surface area contributed by atoms with Crippen molar-refractivity contribution in [2.24, 2.45) is 11.1 Å². The van der Waals surface area contributed by atoms with E-state index in [2.05, 4.69) is 31.2 Å². The first-order valence-electron chi connectivity index (χ1n) is 28.5. The molecule has 3 aromatic carbocycles. The number of aromatic amines is 1. The number of nitrogens with two attached hydrogens (primary N) is 1. The van der Waals surface area contributed by atoms with Gasteiger partial charge >= 0.3 is 0 Å². The summed E-state index contributed by atoms with van der Waals surface area (Å²) in [6.45, 7) is 9.17. The third-order valence-corrected chi connectivity index (χ3v) is 18.0. The minimum Gasteiger partial charge on any atom is -0.490 e. The zero-order valence-electron chi connectivity index (χ0n) is 47.8. The molecule has 8 rings (SSSR count). The summed E-state index contributed by atoms with van der Waals surface area (Å²) in [6, 6.07) is 14.0. The van der Waals surface area contributed by atoms with Crippen LogP contribution >= 0.6 is 31.3 Å². The zero-order chi connectivity index (χ0) is 60.6. The summed E-state index contributed by atoms with van der Waals surface area (Å²) in [5, 5.41) is 23.4. The van der Waals surface area contributed by atoms with Crippen LogP contribution in [0.4, 0.5) is 0 Å². The number of H-pyrrole nitrogens is 1.